The van der Waals surface area contributed by atoms with Crippen molar-refractivity contribution in [2.75, 3.05) is 26.2 Å². The molecular weight excluding hydrogens is 282 g/mol. The molecular formula is C12H18N2Na2O4. The molecule has 0 aromatic carbocycles. The summed E-state index contributed by atoms with van der Waals surface area (Å²) < 4.78 is 0. The third-order valence-corrected chi connectivity index (χ3v) is 4.21. The van der Waals surface area contributed by atoms with E-state index < -0.39 is 23.8 Å². The normalized spacial score (nSPS) is 33.4. The van der Waals surface area contributed by atoms with Crippen LogP contribution in [0.4, 0.5) is 0 Å². The number of nitrogens with one attached hydrogen (secondary N) is 2. The second kappa shape index (κ2) is 9.79. The molecule has 0 aromatic heterocycles. The third kappa shape index (κ3) is 4.95. The van der Waals surface area contributed by atoms with Gasteiger partial charge in [0.05, 0.1) is 0 Å². The van der Waals surface area contributed by atoms with Crippen molar-refractivity contribution in [1.82, 2.24) is 10.6 Å². The van der Waals surface area contributed by atoms with E-state index in [4.69, 9.17) is 0 Å². The summed E-state index contributed by atoms with van der Waals surface area (Å²) in [6, 6.07) is 0. The topological polar surface area (TPSA) is 104 Å². The van der Waals surface area contributed by atoms with Crippen LogP contribution in [0.15, 0.2) is 0 Å². The predicted octanol–water partition coefficient (Wildman–Crippen LogP) is -9.05. The maximum absolute atomic E-state index is 11.2. The summed E-state index contributed by atoms with van der Waals surface area (Å²) >= 11 is 0. The Morgan fingerprint density at radius 2 is 1.15 bits per heavy atom. The van der Waals surface area contributed by atoms with Crippen molar-refractivity contribution in [3.8, 4) is 0 Å². The van der Waals surface area contributed by atoms with Crippen molar-refractivity contribution in [1.29, 1.82) is 0 Å². The zero-order chi connectivity index (χ0) is 13.1. The molecule has 2 N–H and O–H groups in total. The molecule has 4 unspecified atom stereocenters. The first-order chi connectivity index (χ1) is 8.61. The SMILES string of the molecule is O=C([O-])C1CCNCC1C1CNCCC1C(=O)[O-].[Na+].[Na+]. The number of hydrogen-bond acceptors (Lipinski definition) is 6. The molecule has 2 fully saturated rings. The number of carboxylic acids is 2. The molecule has 0 amide bonds. The standard InChI is InChI=1S/C12H20N2O4.2Na/c15-11(16)7-1-3-13-5-9(7)10-6-14-4-2-8(10)12(17)18;;/h7-10,13-14H,1-6H2,(H,15,16)(H,17,18);;/q;2*+1/p-2. The monoisotopic (exact) mass is 300 g/mol. The Morgan fingerprint density at radius 3 is 1.45 bits per heavy atom. The molecule has 2 rings (SSSR count). The van der Waals surface area contributed by atoms with E-state index in [2.05, 4.69) is 10.6 Å². The Balaban J connectivity index is 0.00000180. The van der Waals surface area contributed by atoms with E-state index in [1.165, 1.54) is 0 Å². The largest absolute Gasteiger partial charge is 1.00 e. The molecule has 102 valence electrons. The van der Waals surface area contributed by atoms with Crippen molar-refractivity contribution in [2.24, 2.45) is 23.7 Å². The van der Waals surface area contributed by atoms with Gasteiger partial charge >= 0.3 is 59.1 Å². The van der Waals surface area contributed by atoms with Gasteiger partial charge in [0.2, 0.25) is 0 Å². The second-order valence-electron chi connectivity index (χ2n) is 5.16. The minimum absolute atomic E-state index is 0. The van der Waals surface area contributed by atoms with Crippen LogP contribution in [0.3, 0.4) is 0 Å². The van der Waals surface area contributed by atoms with Crippen LogP contribution in [0.25, 0.3) is 0 Å². The van der Waals surface area contributed by atoms with Gasteiger partial charge in [0.25, 0.3) is 0 Å². The first-order valence-electron chi connectivity index (χ1n) is 6.44. The molecule has 2 saturated heterocycles. The number of carboxylic acid groups (broad SMARTS) is 2. The van der Waals surface area contributed by atoms with Crippen molar-refractivity contribution in [3.63, 3.8) is 0 Å². The number of aliphatic carboxylic acids is 2. The van der Waals surface area contributed by atoms with Gasteiger partial charge in [-0.15, -0.1) is 0 Å². The summed E-state index contributed by atoms with van der Waals surface area (Å²) in [6.45, 7) is 2.36. The summed E-state index contributed by atoms with van der Waals surface area (Å²) in [6.07, 6.45) is 1.01. The van der Waals surface area contributed by atoms with Crippen LogP contribution in [-0.2, 0) is 9.59 Å². The average molecular weight is 300 g/mol. The molecule has 2 aliphatic rings. The van der Waals surface area contributed by atoms with Crippen LogP contribution in [0.2, 0.25) is 0 Å². The number of carbonyl (C=O) groups excluding carboxylic acids is 2. The fourth-order valence-electron chi connectivity index (χ4n) is 3.25. The van der Waals surface area contributed by atoms with E-state index in [-0.39, 0.29) is 71.0 Å². The molecule has 0 aliphatic carbocycles. The van der Waals surface area contributed by atoms with Crippen molar-refractivity contribution >= 4 is 11.9 Å². The summed E-state index contributed by atoms with van der Waals surface area (Å²) in [5.74, 6) is -3.64. The summed E-state index contributed by atoms with van der Waals surface area (Å²) in [5, 5.41) is 28.6. The summed E-state index contributed by atoms with van der Waals surface area (Å²) in [5.41, 5.74) is 0. The van der Waals surface area contributed by atoms with E-state index in [1.807, 2.05) is 0 Å². The fourth-order valence-corrected chi connectivity index (χ4v) is 3.25. The molecule has 0 saturated carbocycles. The van der Waals surface area contributed by atoms with Gasteiger partial charge in [-0.3, -0.25) is 0 Å². The van der Waals surface area contributed by atoms with Gasteiger partial charge in [-0.05, 0) is 50.9 Å². The number of rotatable bonds is 3. The Morgan fingerprint density at radius 1 is 0.800 bits per heavy atom. The Hall–Kier alpha value is 0.860. The molecule has 4 atom stereocenters. The average Bonchev–Trinajstić information content (AvgIpc) is 2.38. The first-order valence-corrected chi connectivity index (χ1v) is 6.44. The Kier molecular flexibility index (Phi) is 10.2. The van der Waals surface area contributed by atoms with Gasteiger partial charge in [-0.25, -0.2) is 0 Å². The van der Waals surface area contributed by atoms with Crippen LogP contribution >= 0.6 is 0 Å². The van der Waals surface area contributed by atoms with Crippen molar-refractivity contribution in [2.45, 2.75) is 12.8 Å². The first kappa shape index (κ1) is 20.9. The fraction of sp³-hybridized carbons (Fsp3) is 0.833. The smallest absolute Gasteiger partial charge is 0.550 e. The number of hydrogen-bond donors (Lipinski definition) is 2. The molecule has 0 bridgehead atoms. The predicted molar refractivity (Wildman–Crippen MR) is 58.9 cm³/mol. The number of piperidine rings is 2. The third-order valence-electron chi connectivity index (χ3n) is 4.21. The van der Waals surface area contributed by atoms with E-state index in [0.717, 1.165) is 0 Å². The maximum atomic E-state index is 11.2. The molecule has 0 aromatic rings. The van der Waals surface area contributed by atoms with Crippen LogP contribution in [0, 0.1) is 23.7 Å². The van der Waals surface area contributed by atoms with E-state index in [1.54, 1.807) is 0 Å². The van der Waals surface area contributed by atoms with Crippen molar-refractivity contribution < 1.29 is 78.9 Å². The maximum Gasteiger partial charge on any atom is 1.00 e. The molecule has 0 spiro atoms. The molecule has 6 nitrogen and oxygen atoms in total. The van der Waals surface area contributed by atoms with Gasteiger partial charge in [0.15, 0.2) is 0 Å². The van der Waals surface area contributed by atoms with Gasteiger partial charge in [0, 0.05) is 23.8 Å². The Labute approximate surface area is 163 Å². The molecule has 2 aliphatic heterocycles. The van der Waals surface area contributed by atoms with Crippen LogP contribution in [0.5, 0.6) is 0 Å². The van der Waals surface area contributed by atoms with Gasteiger partial charge < -0.3 is 30.4 Å². The number of carbonyl (C=O) groups is 2. The van der Waals surface area contributed by atoms with Gasteiger partial charge in [-0.1, -0.05) is 0 Å². The zero-order valence-electron chi connectivity index (χ0n) is 12.2. The van der Waals surface area contributed by atoms with Crippen LogP contribution in [0.1, 0.15) is 12.8 Å². The van der Waals surface area contributed by atoms with Crippen LogP contribution in [-0.4, -0.2) is 38.1 Å². The van der Waals surface area contributed by atoms with E-state index >= 15 is 0 Å². The van der Waals surface area contributed by atoms with Crippen LogP contribution < -0.4 is 80.0 Å². The minimum atomic E-state index is -1.07. The molecule has 8 heteroatoms. The van der Waals surface area contributed by atoms with E-state index in [0.29, 0.717) is 39.0 Å². The minimum Gasteiger partial charge on any atom is -0.550 e. The van der Waals surface area contributed by atoms with E-state index in [9.17, 15) is 19.8 Å². The Bertz CT molecular complexity index is 311. The molecule has 20 heavy (non-hydrogen) atoms. The molecule has 2 heterocycles. The summed E-state index contributed by atoms with van der Waals surface area (Å²) in [4.78, 5) is 22.3. The molecule has 0 radical (unpaired) electrons. The quantitative estimate of drug-likeness (QED) is 0.502. The zero-order valence-corrected chi connectivity index (χ0v) is 16.2. The van der Waals surface area contributed by atoms with Crippen molar-refractivity contribution in [3.05, 3.63) is 0 Å². The van der Waals surface area contributed by atoms with Gasteiger partial charge in [-0.2, -0.15) is 0 Å². The second-order valence-corrected chi connectivity index (χ2v) is 5.16. The van der Waals surface area contributed by atoms with Gasteiger partial charge in [0.1, 0.15) is 0 Å². The summed E-state index contributed by atoms with van der Waals surface area (Å²) in [7, 11) is 0.